The minimum atomic E-state index is 0.804. The van der Waals surface area contributed by atoms with Crippen molar-refractivity contribution >= 4 is 0 Å². The van der Waals surface area contributed by atoms with E-state index in [9.17, 15) is 0 Å². The fraction of sp³-hybridized carbons (Fsp3) is 1.00. The molecule has 2 atom stereocenters. The van der Waals surface area contributed by atoms with E-state index < -0.39 is 0 Å². The van der Waals surface area contributed by atoms with Gasteiger partial charge in [0.05, 0.1) is 0 Å². The molecule has 0 aromatic heterocycles. The summed E-state index contributed by atoms with van der Waals surface area (Å²) in [5.74, 6) is 1.80. The summed E-state index contributed by atoms with van der Waals surface area (Å²) in [6, 6.07) is 0.804. The molecular weight excluding hydrogens is 158 g/mol. The van der Waals surface area contributed by atoms with Crippen molar-refractivity contribution < 1.29 is 0 Å². The maximum absolute atomic E-state index is 3.67. The molecule has 1 fully saturated rings. The van der Waals surface area contributed by atoms with Crippen LogP contribution in [0.1, 0.15) is 52.9 Å². The molecule has 0 bridgehead atoms. The van der Waals surface area contributed by atoms with Gasteiger partial charge in [0.15, 0.2) is 0 Å². The molecule has 0 saturated carbocycles. The number of piperidine rings is 1. The minimum Gasteiger partial charge on any atom is -0.314 e. The molecule has 1 aliphatic heterocycles. The highest BCUT2D eigenvalue weighted by atomic mass is 14.9. The van der Waals surface area contributed by atoms with Crippen LogP contribution in [0.4, 0.5) is 0 Å². The van der Waals surface area contributed by atoms with Crippen LogP contribution in [0.5, 0.6) is 0 Å². The Hall–Kier alpha value is -0.0400. The average molecular weight is 183 g/mol. The van der Waals surface area contributed by atoms with Gasteiger partial charge in [-0.15, -0.1) is 0 Å². The van der Waals surface area contributed by atoms with Crippen LogP contribution in [0, 0.1) is 11.8 Å². The van der Waals surface area contributed by atoms with Crippen LogP contribution in [-0.2, 0) is 0 Å². The molecule has 1 nitrogen and oxygen atoms in total. The molecule has 1 aliphatic rings. The normalized spacial score (nSPS) is 26.3. The van der Waals surface area contributed by atoms with Gasteiger partial charge in [-0.3, -0.25) is 0 Å². The first-order valence-electron chi connectivity index (χ1n) is 6.03. The second kappa shape index (κ2) is 5.64. The molecule has 1 heterocycles. The number of hydrogen-bond acceptors (Lipinski definition) is 1. The average Bonchev–Trinajstić information content (AvgIpc) is 2.21. The predicted molar refractivity (Wildman–Crippen MR) is 58.9 cm³/mol. The van der Waals surface area contributed by atoms with E-state index in [1.165, 1.54) is 38.6 Å². The minimum absolute atomic E-state index is 0.804. The Bertz CT molecular complexity index is 123. The van der Waals surface area contributed by atoms with Crippen LogP contribution in [0.25, 0.3) is 0 Å². The smallest absolute Gasteiger partial charge is 0.00953 e. The molecule has 78 valence electrons. The van der Waals surface area contributed by atoms with Crippen molar-refractivity contribution in [2.75, 3.05) is 6.54 Å². The van der Waals surface area contributed by atoms with E-state index in [1.807, 2.05) is 0 Å². The summed E-state index contributed by atoms with van der Waals surface area (Å²) in [7, 11) is 0. The summed E-state index contributed by atoms with van der Waals surface area (Å²) in [5, 5.41) is 3.67. The third-order valence-electron chi connectivity index (χ3n) is 3.78. The van der Waals surface area contributed by atoms with E-state index in [0.29, 0.717) is 0 Å². The van der Waals surface area contributed by atoms with E-state index in [0.717, 1.165) is 17.9 Å². The lowest BCUT2D eigenvalue weighted by atomic mass is 9.81. The summed E-state index contributed by atoms with van der Waals surface area (Å²) in [4.78, 5) is 0. The van der Waals surface area contributed by atoms with Crippen LogP contribution in [0.3, 0.4) is 0 Å². The first-order valence-corrected chi connectivity index (χ1v) is 6.03. The third kappa shape index (κ3) is 2.98. The number of hydrogen-bond donors (Lipinski definition) is 1. The highest BCUT2D eigenvalue weighted by Crippen LogP contribution is 2.26. The Morgan fingerprint density at radius 1 is 1.23 bits per heavy atom. The van der Waals surface area contributed by atoms with Crippen LogP contribution in [-0.4, -0.2) is 12.6 Å². The van der Waals surface area contributed by atoms with Crippen molar-refractivity contribution in [1.29, 1.82) is 0 Å². The van der Waals surface area contributed by atoms with Gasteiger partial charge in [-0.2, -0.15) is 0 Å². The number of nitrogens with one attached hydrogen (secondary N) is 1. The summed E-state index contributed by atoms with van der Waals surface area (Å²) in [5.41, 5.74) is 0. The fourth-order valence-electron chi connectivity index (χ4n) is 2.69. The molecule has 1 heteroatoms. The van der Waals surface area contributed by atoms with E-state index >= 15 is 0 Å². The molecule has 0 radical (unpaired) electrons. The zero-order valence-electron chi connectivity index (χ0n) is 9.47. The molecular formula is C12H25N. The van der Waals surface area contributed by atoms with Crippen LogP contribution >= 0.6 is 0 Å². The summed E-state index contributed by atoms with van der Waals surface area (Å²) >= 11 is 0. The van der Waals surface area contributed by atoms with Gasteiger partial charge in [0.2, 0.25) is 0 Å². The van der Waals surface area contributed by atoms with Crippen LogP contribution < -0.4 is 5.32 Å². The van der Waals surface area contributed by atoms with Crippen molar-refractivity contribution in [2.24, 2.45) is 11.8 Å². The standard InChI is InChI=1S/C12H25N/c1-4-11(5-2)10(3)12-8-6-7-9-13-12/h10-13H,4-9H2,1-3H3. The van der Waals surface area contributed by atoms with Gasteiger partial charge < -0.3 is 5.32 Å². The lowest BCUT2D eigenvalue weighted by Gasteiger charge is -2.33. The molecule has 1 saturated heterocycles. The van der Waals surface area contributed by atoms with Gasteiger partial charge in [0.25, 0.3) is 0 Å². The number of rotatable bonds is 4. The first kappa shape index (κ1) is 11.0. The lowest BCUT2D eigenvalue weighted by Crippen LogP contribution is -2.41. The van der Waals surface area contributed by atoms with Crippen molar-refractivity contribution in [3.8, 4) is 0 Å². The first-order chi connectivity index (χ1) is 6.29. The maximum Gasteiger partial charge on any atom is 0.00953 e. The molecule has 0 aromatic carbocycles. The van der Waals surface area contributed by atoms with E-state index in [4.69, 9.17) is 0 Å². The van der Waals surface area contributed by atoms with Gasteiger partial charge in [0, 0.05) is 6.04 Å². The molecule has 1 rings (SSSR count). The Labute approximate surface area is 83.3 Å². The molecule has 13 heavy (non-hydrogen) atoms. The van der Waals surface area contributed by atoms with Crippen molar-refractivity contribution in [2.45, 2.75) is 58.9 Å². The molecule has 0 aromatic rings. The molecule has 0 aliphatic carbocycles. The van der Waals surface area contributed by atoms with E-state index in [-0.39, 0.29) is 0 Å². The highest BCUT2D eigenvalue weighted by molar-refractivity contribution is 4.80. The van der Waals surface area contributed by atoms with Crippen LogP contribution in [0.2, 0.25) is 0 Å². The van der Waals surface area contributed by atoms with Crippen molar-refractivity contribution in [1.82, 2.24) is 5.32 Å². The Morgan fingerprint density at radius 3 is 2.38 bits per heavy atom. The molecule has 0 amide bonds. The Balaban J connectivity index is 2.38. The maximum atomic E-state index is 3.67. The zero-order chi connectivity index (χ0) is 9.68. The van der Waals surface area contributed by atoms with E-state index in [1.54, 1.807) is 0 Å². The van der Waals surface area contributed by atoms with Gasteiger partial charge in [0.1, 0.15) is 0 Å². The second-order valence-corrected chi connectivity index (χ2v) is 4.49. The predicted octanol–water partition coefficient (Wildman–Crippen LogP) is 3.20. The zero-order valence-corrected chi connectivity index (χ0v) is 9.47. The fourth-order valence-corrected chi connectivity index (χ4v) is 2.69. The Morgan fingerprint density at radius 2 is 1.92 bits per heavy atom. The topological polar surface area (TPSA) is 12.0 Å². The lowest BCUT2D eigenvalue weighted by molar-refractivity contribution is 0.223. The second-order valence-electron chi connectivity index (χ2n) is 4.49. The van der Waals surface area contributed by atoms with Crippen molar-refractivity contribution in [3.63, 3.8) is 0 Å². The largest absolute Gasteiger partial charge is 0.314 e. The Kier molecular flexibility index (Phi) is 4.79. The van der Waals surface area contributed by atoms with Gasteiger partial charge >= 0.3 is 0 Å². The van der Waals surface area contributed by atoms with Gasteiger partial charge in [-0.1, -0.05) is 40.0 Å². The quantitative estimate of drug-likeness (QED) is 0.706. The van der Waals surface area contributed by atoms with Crippen molar-refractivity contribution in [3.05, 3.63) is 0 Å². The summed E-state index contributed by atoms with van der Waals surface area (Å²) in [6.45, 7) is 8.33. The molecule has 2 unspecified atom stereocenters. The third-order valence-corrected chi connectivity index (χ3v) is 3.78. The molecule has 1 N–H and O–H groups in total. The highest BCUT2D eigenvalue weighted by Gasteiger charge is 2.24. The molecule has 0 spiro atoms. The monoisotopic (exact) mass is 183 g/mol. The van der Waals surface area contributed by atoms with Gasteiger partial charge in [-0.25, -0.2) is 0 Å². The van der Waals surface area contributed by atoms with E-state index in [2.05, 4.69) is 26.1 Å². The summed E-state index contributed by atoms with van der Waals surface area (Å²) in [6.07, 6.45) is 6.90. The van der Waals surface area contributed by atoms with Crippen LogP contribution in [0.15, 0.2) is 0 Å². The SMILES string of the molecule is CCC(CC)C(C)C1CCCCN1. The summed E-state index contributed by atoms with van der Waals surface area (Å²) < 4.78 is 0. The van der Waals surface area contributed by atoms with Gasteiger partial charge in [-0.05, 0) is 31.2 Å².